The van der Waals surface area contributed by atoms with Crippen LogP contribution in [0.25, 0.3) is 10.9 Å². The summed E-state index contributed by atoms with van der Waals surface area (Å²) in [5.74, 6) is 0. The number of rotatable bonds is 3. The molecule has 1 aromatic carbocycles. The van der Waals surface area contributed by atoms with Gasteiger partial charge >= 0.3 is 0 Å². The maximum absolute atomic E-state index is 11.5. The summed E-state index contributed by atoms with van der Waals surface area (Å²) in [6.45, 7) is 2.15. The molecule has 1 aromatic heterocycles. The number of anilines is 1. The Kier molecular flexibility index (Phi) is 2.95. The van der Waals surface area contributed by atoms with Gasteiger partial charge in [-0.25, -0.2) is 0 Å². The molecule has 0 aliphatic heterocycles. The highest BCUT2D eigenvalue weighted by Gasteiger charge is 2.03. The molecule has 0 fully saturated rings. The number of hydrogen-bond acceptors (Lipinski definition) is 2. The van der Waals surface area contributed by atoms with E-state index in [1.807, 2.05) is 18.2 Å². The molecule has 2 aromatic rings. The highest BCUT2D eigenvalue weighted by molar-refractivity contribution is 5.84. The Morgan fingerprint density at radius 1 is 1.31 bits per heavy atom. The highest BCUT2D eigenvalue weighted by Crippen LogP contribution is 2.19. The van der Waals surface area contributed by atoms with E-state index in [-0.39, 0.29) is 5.56 Å². The minimum atomic E-state index is -0.0517. The number of nitrogen functional groups attached to an aromatic ring is 1. The van der Waals surface area contributed by atoms with Gasteiger partial charge in [0.15, 0.2) is 0 Å². The molecule has 0 amide bonds. The summed E-state index contributed by atoms with van der Waals surface area (Å²) in [5, 5.41) is 1.10. The Bertz CT molecular complexity index is 557. The zero-order chi connectivity index (χ0) is 11.5. The molecule has 0 radical (unpaired) electrons. The number of nitrogens with two attached hydrogens (primary N) is 1. The molecule has 3 N–H and O–H groups in total. The SMILES string of the molecule is CCCCc1cc(=O)[nH]c2cc(N)ccc12. The fraction of sp³-hybridized carbons (Fsp3) is 0.308. The number of pyridine rings is 1. The van der Waals surface area contributed by atoms with Crippen LogP contribution >= 0.6 is 0 Å². The number of aryl methyl sites for hydroxylation is 1. The lowest BCUT2D eigenvalue weighted by Crippen LogP contribution is -2.07. The van der Waals surface area contributed by atoms with E-state index in [1.54, 1.807) is 6.07 Å². The van der Waals surface area contributed by atoms with Gasteiger partial charge in [0.25, 0.3) is 0 Å². The number of unbranched alkanes of at least 4 members (excludes halogenated alkanes) is 1. The lowest BCUT2D eigenvalue weighted by Gasteiger charge is -2.06. The first-order valence-corrected chi connectivity index (χ1v) is 5.62. The first kappa shape index (κ1) is 10.7. The standard InChI is InChI=1S/C13H16N2O/c1-2-3-4-9-7-13(16)15-12-8-10(14)5-6-11(9)12/h5-8H,2-4,14H2,1H3,(H,15,16). The molecular weight excluding hydrogens is 200 g/mol. The van der Waals surface area contributed by atoms with Gasteiger partial charge in [0.05, 0.1) is 5.52 Å². The minimum Gasteiger partial charge on any atom is -0.399 e. The van der Waals surface area contributed by atoms with Crippen LogP contribution in [0, 0.1) is 0 Å². The second-order valence-corrected chi connectivity index (χ2v) is 4.07. The van der Waals surface area contributed by atoms with Gasteiger partial charge in [0.1, 0.15) is 0 Å². The topological polar surface area (TPSA) is 58.9 Å². The summed E-state index contributed by atoms with van der Waals surface area (Å²) in [6, 6.07) is 7.35. The Morgan fingerprint density at radius 2 is 2.12 bits per heavy atom. The third-order valence-electron chi connectivity index (χ3n) is 2.75. The van der Waals surface area contributed by atoms with Crippen LogP contribution in [0.5, 0.6) is 0 Å². The van der Waals surface area contributed by atoms with E-state index in [4.69, 9.17) is 5.73 Å². The molecule has 3 heteroatoms. The molecule has 0 aliphatic rings. The predicted octanol–water partition coefficient (Wildman–Crippen LogP) is 2.45. The molecule has 0 aliphatic carbocycles. The Labute approximate surface area is 94.3 Å². The van der Waals surface area contributed by atoms with E-state index in [2.05, 4.69) is 11.9 Å². The van der Waals surface area contributed by atoms with Crippen LogP contribution < -0.4 is 11.3 Å². The maximum Gasteiger partial charge on any atom is 0.248 e. The molecule has 16 heavy (non-hydrogen) atoms. The zero-order valence-electron chi connectivity index (χ0n) is 9.42. The smallest absolute Gasteiger partial charge is 0.248 e. The van der Waals surface area contributed by atoms with Crippen molar-refractivity contribution in [2.24, 2.45) is 0 Å². The van der Waals surface area contributed by atoms with Gasteiger partial charge in [-0.2, -0.15) is 0 Å². The van der Waals surface area contributed by atoms with E-state index >= 15 is 0 Å². The quantitative estimate of drug-likeness (QED) is 0.774. The van der Waals surface area contributed by atoms with Crippen molar-refractivity contribution in [3.05, 3.63) is 40.2 Å². The van der Waals surface area contributed by atoms with Gasteiger partial charge in [-0.05, 0) is 30.5 Å². The van der Waals surface area contributed by atoms with E-state index in [1.165, 1.54) is 0 Å². The summed E-state index contributed by atoms with van der Waals surface area (Å²) in [4.78, 5) is 14.3. The van der Waals surface area contributed by atoms with Gasteiger partial charge in [-0.15, -0.1) is 0 Å². The Balaban J connectivity index is 2.58. The number of aromatic amines is 1. The molecule has 84 valence electrons. The minimum absolute atomic E-state index is 0.0517. The van der Waals surface area contributed by atoms with E-state index in [0.717, 1.165) is 35.7 Å². The lowest BCUT2D eigenvalue weighted by atomic mass is 10.0. The third kappa shape index (κ3) is 2.08. The number of aromatic nitrogens is 1. The van der Waals surface area contributed by atoms with Crippen molar-refractivity contribution in [1.29, 1.82) is 0 Å². The van der Waals surface area contributed by atoms with Crippen molar-refractivity contribution in [2.75, 3.05) is 5.73 Å². The predicted molar refractivity (Wildman–Crippen MR) is 67.6 cm³/mol. The Hall–Kier alpha value is -1.77. The fourth-order valence-corrected chi connectivity index (χ4v) is 1.92. The molecule has 2 rings (SSSR count). The first-order chi connectivity index (χ1) is 7.70. The summed E-state index contributed by atoms with van der Waals surface area (Å²) in [6.07, 6.45) is 3.17. The van der Waals surface area contributed by atoms with Crippen LogP contribution in [0.4, 0.5) is 5.69 Å². The van der Waals surface area contributed by atoms with Crippen molar-refractivity contribution in [3.63, 3.8) is 0 Å². The number of H-pyrrole nitrogens is 1. The molecule has 0 spiro atoms. The van der Waals surface area contributed by atoms with E-state index in [9.17, 15) is 4.79 Å². The lowest BCUT2D eigenvalue weighted by molar-refractivity contribution is 0.797. The largest absolute Gasteiger partial charge is 0.399 e. The highest BCUT2D eigenvalue weighted by atomic mass is 16.1. The number of fused-ring (bicyclic) bond motifs is 1. The molecule has 0 saturated heterocycles. The van der Waals surface area contributed by atoms with Crippen molar-refractivity contribution in [3.8, 4) is 0 Å². The average molecular weight is 216 g/mol. The first-order valence-electron chi connectivity index (χ1n) is 5.62. The second kappa shape index (κ2) is 4.39. The molecule has 0 bridgehead atoms. The van der Waals surface area contributed by atoms with Gasteiger partial charge in [0, 0.05) is 17.1 Å². The van der Waals surface area contributed by atoms with Gasteiger partial charge in [-0.3, -0.25) is 4.79 Å². The molecular formula is C13H16N2O. The average Bonchev–Trinajstić information content (AvgIpc) is 2.25. The zero-order valence-corrected chi connectivity index (χ0v) is 9.42. The maximum atomic E-state index is 11.5. The van der Waals surface area contributed by atoms with Gasteiger partial charge in [-0.1, -0.05) is 19.4 Å². The molecule has 0 saturated carbocycles. The number of nitrogens with one attached hydrogen (secondary N) is 1. The summed E-state index contributed by atoms with van der Waals surface area (Å²) in [5.41, 5.74) is 8.27. The summed E-state index contributed by atoms with van der Waals surface area (Å²) >= 11 is 0. The fourth-order valence-electron chi connectivity index (χ4n) is 1.92. The van der Waals surface area contributed by atoms with E-state index < -0.39 is 0 Å². The van der Waals surface area contributed by atoms with Crippen molar-refractivity contribution in [1.82, 2.24) is 4.98 Å². The second-order valence-electron chi connectivity index (χ2n) is 4.07. The normalized spacial score (nSPS) is 10.8. The molecule has 3 nitrogen and oxygen atoms in total. The molecule has 0 unspecified atom stereocenters. The number of hydrogen-bond donors (Lipinski definition) is 2. The van der Waals surface area contributed by atoms with Crippen LogP contribution in [0.1, 0.15) is 25.3 Å². The third-order valence-corrected chi connectivity index (χ3v) is 2.75. The van der Waals surface area contributed by atoms with Crippen LogP contribution in [0.2, 0.25) is 0 Å². The summed E-state index contributed by atoms with van der Waals surface area (Å²) in [7, 11) is 0. The molecule has 0 atom stereocenters. The van der Waals surface area contributed by atoms with Crippen LogP contribution in [0.15, 0.2) is 29.1 Å². The van der Waals surface area contributed by atoms with Gasteiger partial charge < -0.3 is 10.7 Å². The van der Waals surface area contributed by atoms with Crippen molar-refractivity contribution in [2.45, 2.75) is 26.2 Å². The van der Waals surface area contributed by atoms with Crippen LogP contribution in [0.3, 0.4) is 0 Å². The van der Waals surface area contributed by atoms with Crippen LogP contribution in [-0.2, 0) is 6.42 Å². The van der Waals surface area contributed by atoms with Crippen LogP contribution in [-0.4, -0.2) is 4.98 Å². The van der Waals surface area contributed by atoms with E-state index in [0.29, 0.717) is 5.69 Å². The van der Waals surface area contributed by atoms with Crippen molar-refractivity contribution < 1.29 is 0 Å². The Morgan fingerprint density at radius 3 is 2.88 bits per heavy atom. The number of benzene rings is 1. The molecule has 1 heterocycles. The van der Waals surface area contributed by atoms with Crippen molar-refractivity contribution >= 4 is 16.6 Å². The monoisotopic (exact) mass is 216 g/mol. The summed E-state index contributed by atoms with van der Waals surface area (Å²) < 4.78 is 0. The van der Waals surface area contributed by atoms with Gasteiger partial charge in [0.2, 0.25) is 5.56 Å².